The molecule has 0 aromatic heterocycles. The van der Waals surface area contributed by atoms with Crippen molar-refractivity contribution in [2.24, 2.45) is 11.6 Å². The highest BCUT2D eigenvalue weighted by atomic mass is 15.3. The van der Waals surface area contributed by atoms with Crippen LogP contribution in [-0.4, -0.2) is 12.1 Å². The highest BCUT2D eigenvalue weighted by molar-refractivity contribution is 5.75. The van der Waals surface area contributed by atoms with E-state index in [9.17, 15) is 0 Å². The van der Waals surface area contributed by atoms with E-state index in [1.807, 2.05) is 6.92 Å². The second-order valence-corrected chi connectivity index (χ2v) is 2.06. The van der Waals surface area contributed by atoms with Crippen molar-refractivity contribution >= 4 is 5.96 Å². The van der Waals surface area contributed by atoms with E-state index in [-0.39, 0.29) is 12.1 Å². The first-order valence-electron chi connectivity index (χ1n) is 3.28. The lowest BCUT2D eigenvalue weighted by Gasteiger charge is -2.13. The Bertz CT molecular complexity index is 102. The van der Waals surface area contributed by atoms with E-state index >= 15 is 0 Å². The van der Waals surface area contributed by atoms with Gasteiger partial charge in [-0.1, -0.05) is 13.3 Å². The average Bonchev–Trinajstić information content (AvgIpc) is 1.88. The van der Waals surface area contributed by atoms with Gasteiger partial charge in [0.1, 0.15) is 0 Å². The molecule has 10 heavy (non-hydrogen) atoms. The van der Waals surface area contributed by atoms with Crippen LogP contribution in [0.25, 0.3) is 0 Å². The largest absolute Gasteiger partial charge is 0.340 e. The van der Waals surface area contributed by atoms with Crippen molar-refractivity contribution in [3.05, 3.63) is 0 Å². The van der Waals surface area contributed by atoms with Gasteiger partial charge >= 0.3 is 0 Å². The Labute approximate surface area is 60.6 Å². The molecule has 0 aliphatic rings. The van der Waals surface area contributed by atoms with Crippen LogP contribution in [0.15, 0.2) is 0 Å². The fraction of sp³-hybridized carbons (Fsp3) is 0.800. The molecule has 7 N–H and O–H groups in total. The Balaban J connectivity index is 3.37. The van der Waals surface area contributed by atoms with Crippen LogP contribution in [-0.2, 0) is 0 Å². The minimum absolute atomic E-state index is 0.0564. The molecule has 0 aromatic rings. The number of nitrogens with two attached hydrogens (primary N) is 2. The summed E-state index contributed by atoms with van der Waals surface area (Å²) in [6, 6.07) is 0. The number of hydrogen-bond acceptors (Lipinski definition) is 3. The zero-order valence-electron chi connectivity index (χ0n) is 6.15. The van der Waals surface area contributed by atoms with Crippen LogP contribution in [0.4, 0.5) is 0 Å². The van der Waals surface area contributed by atoms with Gasteiger partial charge in [0.25, 0.3) is 0 Å². The quantitative estimate of drug-likeness (QED) is 0.116. The first-order valence-corrected chi connectivity index (χ1v) is 3.28. The molecule has 1 atom stereocenters. The van der Waals surface area contributed by atoms with E-state index in [4.69, 9.17) is 17.0 Å². The lowest BCUT2D eigenvalue weighted by molar-refractivity contribution is 0.562. The van der Waals surface area contributed by atoms with Crippen LogP contribution in [0, 0.1) is 5.41 Å². The highest BCUT2D eigenvalue weighted by Crippen LogP contribution is 1.87. The number of guanidine groups is 1. The molecule has 0 saturated heterocycles. The number of hydrazine groups is 1. The smallest absolute Gasteiger partial charge is 0.204 e. The molecule has 0 aliphatic carbocycles. The van der Waals surface area contributed by atoms with Crippen molar-refractivity contribution in [1.82, 2.24) is 10.7 Å². The number of rotatable bonds is 3. The molecular formula is C5H15N5. The second kappa shape index (κ2) is 5.01. The Kier molecular flexibility index (Phi) is 4.61. The molecule has 0 aliphatic heterocycles. The van der Waals surface area contributed by atoms with E-state index in [1.165, 1.54) is 0 Å². The molecule has 0 amide bonds. The van der Waals surface area contributed by atoms with Crippen LogP contribution in [0.3, 0.4) is 0 Å². The van der Waals surface area contributed by atoms with E-state index in [0.717, 1.165) is 12.8 Å². The van der Waals surface area contributed by atoms with Gasteiger partial charge in [-0.3, -0.25) is 10.8 Å². The van der Waals surface area contributed by atoms with Gasteiger partial charge in [-0.2, -0.15) is 0 Å². The molecule has 0 saturated carbocycles. The molecule has 0 spiro atoms. The zero-order valence-corrected chi connectivity index (χ0v) is 6.15. The predicted molar refractivity (Wildman–Crippen MR) is 41.1 cm³/mol. The van der Waals surface area contributed by atoms with Gasteiger partial charge in [0.05, 0.1) is 6.17 Å². The first kappa shape index (κ1) is 9.19. The SMILES string of the molecule is CCCC(N)NC(=N)NN. The van der Waals surface area contributed by atoms with Gasteiger partial charge in [-0.05, 0) is 6.42 Å². The Morgan fingerprint density at radius 2 is 2.30 bits per heavy atom. The maximum Gasteiger partial charge on any atom is 0.204 e. The molecule has 60 valence electrons. The molecule has 5 nitrogen and oxygen atoms in total. The monoisotopic (exact) mass is 145 g/mol. The van der Waals surface area contributed by atoms with Gasteiger partial charge in [-0.25, -0.2) is 5.84 Å². The van der Waals surface area contributed by atoms with Crippen LogP contribution >= 0.6 is 0 Å². The normalized spacial score (nSPS) is 12.3. The summed E-state index contributed by atoms with van der Waals surface area (Å²) in [6.07, 6.45) is 1.66. The summed E-state index contributed by atoms with van der Waals surface area (Å²) < 4.78 is 0. The molecule has 5 heteroatoms. The summed E-state index contributed by atoms with van der Waals surface area (Å²) in [4.78, 5) is 0. The fourth-order valence-electron chi connectivity index (χ4n) is 0.610. The maximum absolute atomic E-state index is 7.02. The van der Waals surface area contributed by atoms with Crippen LogP contribution < -0.4 is 22.3 Å². The van der Waals surface area contributed by atoms with Gasteiger partial charge < -0.3 is 11.1 Å². The molecule has 0 bridgehead atoms. The van der Waals surface area contributed by atoms with Crippen molar-refractivity contribution in [3.63, 3.8) is 0 Å². The third-order valence-corrected chi connectivity index (χ3v) is 1.07. The zero-order chi connectivity index (χ0) is 7.98. The van der Waals surface area contributed by atoms with Crippen molar-refractivity contribution in [2.75, 3.05) is 0 Å². The predicted octanol–water partition coefficient (Wildman–Crippen LogP) is -0.941. The highest BCUT2D eigenvalue weighted by Gasteiger charge is 1.99. The second-order valence-electron chi connectivity index (χ2n) is 2.06. The summed E-state index contributed by atoms with van der Waals surface area (Å²) in [7, 11) is 0. The van der Waals surface area contributed by atoms with Crippen LogP contribution in [0.1, 0.15) is 19.8 Å². The Morgan fingerprint density at radius 3 is 2.70 bits per heavy atom. The van der Waals surface area contributed by atoms with Gasteiger partial charge in [0.15, 0.2) is 0 Å². The molecule has 1 unspecified atom stereocenters. The molecule has 0 heterocycles. The molecular weight excluding hydrogens is 130 g/mol. The summed E-state index contributed by atoms with van der Waals surface area (Å²) in [5, 5.41) is 9.67. The molecule has 0 fully saturated rings. The Hall–Kier alpha value is -0.810. The summed E-state index contributed by atoms with van der Waals surface area (Å²) in [5.41, 5.74) is 7.66. The van der Waals surface area contributed by atoms with E-state index in [0.29, 0.717) is 0 Å². The third kappa shape index (κ3) is 4.11. The summed E-state index contributed by atoms with van der Waals surface area (Å²) in [5.74, 6) is 4.98. The summed E-state index contributed by atoms with van der Waals surface area (Å²) >= 11 is 0. The van der Waals surface area contributed by atoms with E-state index < -0.39 is 0 Å². The lowest BCUT2D eigenvalue weighted by atomic mass is 10.3. The van der Waals surface area contributed by atoms with Gasteiger partial charge in [-0.15, -0.1) is 0 Å². The van der Waals surface area contributed by atoms with E-state index in [1.54, 1.807) is 0 Å². The fourth-order valence-corrected chi connectivity index (χ4v) is 0.610. The maximum atomic E-state index is 7.02. The van der Waals surface area contributed by atoms with Crippen LogP contribution in [0.2, 0.25) is 0 Å². The molecule has 0 aromatic carbocycles. The van der Waals surface area contributed by atoms with Crippen molar-refractivity contribution < 1.29 is 0 Å². The van der Waals surface area contributed by atoms with Crippen molar-refractivity contribution in [3.8, 4) is 0 Å². The standard InChI is InChI=1S/C5H15N5/c1-2-3-4(6)9-5(7)10-8/h4H,2-3,6,8H2,1H3,(H3,7,9,10). The Morgan fingerprint density at radius 1 is 1.70 bits per heavy atom. The minimum atomic E-state index is -0.173. The molecule has 0 rings (SSSR count). The van der Waals surface area contributed by atoms with Gasteiger partial charge in [0, 0.05) is 0 Å². The van der Waals surface area contributed by atoms with Crippen LogP contribution in [0.5, 0.6) is 0 Å². The minimum Gasteiger partial charge on any atom is -0.340 e. The van der Waals surface area contributed by atoms with Crippen molar-refractivity contribution in [1.29, 1.82) is 5.41 Å². The topological polar surface area (TPSA) is 99.9 Å². The van der Waals surface area contributed by atoms with Crippen molar-refractivity contribution in [2.45, 2.75) is 25.9 Å². The first-order chi connectivity index (χ1) is 4.70. The third-order valence-electron chi connectivity index (χ3n) is 1.07. The number of hydrogen-bond donors (Lipinski definition) is 5. The average molecular weight is 145 g/mol. The van der Waals surface area contributed by atoms with E-state index in [2.05, 4.69) is 10.7 Å². The number of nitrogens with one attached hydrogen (secondary N) is 3. The molecule has 0 radical (unpaired) electrons. The summed E-state index contributed by atoms with van der Waals surface area (Å²) in [6.45, 7) is 2.03. The lowest BCUT2D eigenvalue weighted by Crippen LogP contribution is -2.49. The van der Waals surface area contributed by atoms with Gasteiger partial charge in [0.2, 0.25) is 5.96 Å².